The van der Waals surface area contributed by atoms with Crippen molar-refractivity contribution in [1.82, 2.24) is 0 Å². The number of benzene rings is 1. The van der Waals surface area contributed by atoms with Gasteiger partial charge in [0.25, 0.3) is 0 Å². The van der Waals surface area contributed by atoms with Gasteiger partial charge in [0, 0.05) is 11.6 Å². The maximum Gasteiger partial charge on any atom is 0.331 e. The molecule has 1 aromatic rings. The van der Waals surface area contributed by atoms with Gasteiger partial charge >= 0.3 is 5.97 Å². The Hall–Kier alpha value is -2.81. The second-order valence-corrected chi connectivity index (χ2v) is 8.66. The van der Waals surface area contributed by atoms with Gasteiger partial charge in [0.2, 0.25) is 0 Å². The second-order valence-electron chi connectivity index (χ2n) is 8.66. The van der Waals surface area contributed by atoms with E-state index in [9.17, 15) is 9.90 Å². The van der Waals surface area contributed by atoms with Crippen molar-refractivity contribution in [1.29, 1.82) is 0 Å². The number of hydrogen-bond donors (Lipinski definition) is 1. The van der Waals surface area contributed by atoms with Crippen LogP contribution in [-0.4, -0.2) is 11.1 Å². The number of carbonyl (C=O) groups excluding carboxylic acids is 1. The van der Waals surface area contributed by atoms with Crippen LogP contribution in [0.25, 0.3) is 0 Å². The van der Waals surface area contributed by atoms with Gasteiger partial charge in [-0.1, -0.05) is 73.6 Å². The molecule has 0 atom stereocenters. The minimum absolute atomic E-state index is 0.0500. The maximum atomic E-state index is 12.0. The van der Waals surface area contributed by atoms with Crippen LogP contribution in [0.2, 0.25) is 0 Å². The molecule has 0 bridgehead atoms. The first kappa shape index (κ1) is 23.5. The maximum absolute atomic E-state index is 12.0. The number of phenols is 1. The lowest BCUT2D eigenvalue weighted by atomic mass is 9.72. The molecule has 160 valence electrons. The molecule has 0 saturated heterocycles. The fourth-order valence-electron chi connectivity index (χ4n) is 3.69. The normalized spacial score (nSPS) is 17.8. The number of phenolic OH excluding ortho intramolecular Hbond substituents is 1. The topological polar surface area (TPSA) is 46.5 Å². The van der Waals surface area contributed by atoms with Crippen LogP contribution in [-0.2, 0) is 16.1 Å². The average Bonchev–Trinajstić information content (AvgIpc) is 2.66. The summed E-state index contributed by atoms with van der Waals surface area (Å²) in [5, 5.41) is 9.71. The Labute approximate surface area is 181 Å². The Morgan fingerprint density at radius 1 is 1.17 bits per heavy atom. The zero-order valence-corrected chi connectivity index (χ0v) is 18.9. The summed E-state index contributed by atoms with van der Waals surface area (Å²) < 4.78 is 5.20. The van der Waals surface area contributed by atoms with Gasteiger partial charge in [0.15, 0.2) is 0 Å². The lowest BCUT2D eigenvalue weighted by Gasteiger charge is -2.32. The predicted molar refractivity (Wildman–Crippen MR) is 124 cm³/mol. The molecule has 0 spiro atoms. The number of carbonyl (C=O) groups is 1. The Balaban J connectivity index is 1.91. The minimum Gasteiger partial charge on any atom is -0.508 e. The van der Waals surface area contributed by atoms with Gasteiger partial charge in [0.1, 0.15) is 12.4 Å². The smallest absolute Gasteiger partial charge is 0.331 e. The Kier molecular flexibility index (Phi) is 8.46. The summed E-state index contributed by atoms with van der Waals surface area (Å²) in [6, 6.07) is 6.83. The minimum atomic E-state index is -0.428. The van der Waals surface area contributed by atoms with Crippen molar-refractivity contribution in [3.05, 3.63) is 88.6 Å². The molecule has 0 fully saturated rings. The van der Waals surface area contributed by atoms with Gasteiger partial charge in [0.05, 0.1) is 0 Å². The molecule has 30 heavy (non-hydrogen) atoms. The van der Waals surface area contributed by atoms with Gasteiger partial charge in [-0.25, -0.2) is 4.79 Å². The Morgan fingerprint density at radius 3 is 2.60 bits per heavy atom. The molecule has 0 radical (unpaired) electrons. The highest BCUT2D eigenvalue weighted by Crippen LogP contribution is 2.40. The first-order valence-corrected chi connectivity index (χ1v) is 10.5. The first-order valence-electron chi connectivity index (χ1n) is 10.5. The van der Waals surface area contributed by atoms with Gasteiger partial charge in [-0.05, 0) is 62.7 Å². The molecule has 1 aliphatic carbocycles. The zero-order valence-electron chi connectivity index (χ0n) is 18.9. The van der Waals surface area contributed by atoms with Crippen molar-refractivity contribution in [2.24, 2.45) is 5.41 Å². The van der Waals surface area contributed by atoms with E-state index >= 15 is 0 Å². The molecule has 0 saturated carbocycles. The monoisotopic (exact) mass is 406 g/mol. The van der Waals surface area contributed by atoms with Crippen LogP contribution in [0, 0.1) is 5.41 Å². The Bertz CT molecular complexity index is 908. The SMILES string of the molecule is CC1=C(/C=C/C(C)=C/C=C/C(C)=C/C(=O)OCc2ccccc2O)C(C)(C)CCC1. The van der Waals surface area contributed by atoms with Crippen molar-refractivity contribution < 1.29 is 14.6 Å². The van der Waals surface area contributed by atoms with Gasteiger partial charge in [-0.15, -0.1) is 0 Å². The van der Waals surface area contributed by atoms with E-state index in [4.69, 9.17) is 4.74 Å². The van der Waals surface area contributed by atoms with Crippen LogP contribution < -0.4 is 0 Å². The third-order valence-corrected chi connectivity index (χ3v) is 5.48. The molecular formula is C27H34O3. The molecule has 0 unspecified atom stereocenters. The van der Waals surface area contributed by atoms with Crippen LogP contribution in [0.1, 0.15) is 59.4 Å². The summed E-state index contributed by atoms with van der Waals surface area (Å²) in [5.74, 6) is -0.301. The molecule has 1 aromatic carbocycles. The van der Waals surface area contributed by atoms with Crippen molar-refractivity contribution in [3.8, 4) is 5.75 Å². The van der Waals surface area contributed by atoms with Crippen molar-refractivity contribution in [2.45, 2.75) is 60.5 Å². The lowest BCUT2D eigenvalue weighted by molar-refractivity contribution is -0.139. The number of rotatable bonds is 7. The second kappa shape index (κ2) is 10.8. The molecule has 3 heteroatoms. The van der Waals surface area contributed by atoms with Crippen LogP contribution >= 0.6 is 0 Å². The van der Waals surface area contributed by atoms with E-state index in [-0.39, 0.29) is 17.8 Å². The van der Waals surface area contributed by atoms with Crippen molar-refractivity contribution in [2.75, 3.05) is 0 Å². The number of allylic oxidation sites excluding steroid dienone is 9. The standard InChI is InChI=1S/C27H34O3/c1-20(15-16-24-22(3)12-9-17-27(24,4)5)10-8-11-21(2)18-26(29)30-19-23-13-6-7-14-25(23)28/h6-8,10-11,13-16,18,28H,9,12,17,19H2,1-5H3/b11-8+,16-15+,20-10+,21-18+. The third kappa shape index (κ3) is 7.22. The highest BCUT2D eigenvalue weighted by atomic mass is 16.5. The van der Waals surface area contributed by atoms with Gasteiger partial charge < -0.3 is 9.84 Å². The fourth-order valence-corrected chi connectivity index (χ4v) is 3.69. The Morgan fingerprint density at radius 2 is 1.90 bits per heavy atom. The van der Waals surface area contributed by atoms with E-state index in [0.29, 0.717) is 5.56 Å². The summed E-state index contributed by atoms with van der Waals surface area (Å²) in [4.78, 5) is 12.0. The van der Waals surface area contributed by atoms with Gasteiger partial charge in [-0.3, -0.25) is 0 Å². The molecule has 0 amide bonds. The molecular weight excluding hydrogens is 372 g/mol. The van der Waals surface area contributed by atoms with E-state index < -0.39 is 5.97 Å². The molecule has 2 rings (SSSR count). The van der Waals surface area contributed by atoms with Crippen LogP contribution in [0.3, 0.4) is 0 Å². The number of hydrogen-bond acceptors (Lipinski definition) is 3. The third-order valence-electron chi connectivity index (χ3n) is 5.48. The molecule has 0 aliphatic heterocycles. The summed E-state index contributed by atoms with van der Waals surface area (Å²) in [6.07, 6.45) is 15.4. The van der Waals surface area contributed by atoms with Crippen molar-refractivity contribution >= 4 is 5.97 Å². The van der Waals surface area contributed by atoms with E-state index in [1.807, 2.05) is 25.2 Å². The molecule has 1 N–H and O–H groups in total. The predicted octanol–water partition coefficient (Wildman–Crippen LogP) is 6.97. The van der Waals surface area contributed by atoms with Crippen LogP contribution in [0.15, 0.2) is 83.0 Å². The largest absolute Gasteiger partial charge is 0.508 e. The summed E-state index contributed by atoms with van der Waals surface area (Å²) >= 11 is 0. The van der Waals surface area contributed by atoms with Crippen LogP contribution in [0.5, 0.6) is 5.75 Å². The highest BCUT2D eigenvalue weighted by Gasteiger charge is 2.26. The summed E-state index contributed by atoms with van der Waals surface area (Å²) in [5.41, 5.74) is 5.73. The fraction of sp³-hybridized carbons (Fsp3) is 0.370. The number of para-hydroxylation sites is 1. The highest BCUT2D eigenvalue weighted by molar-refractivity contribution is 5.83. The number of ether oxygens (including phenoxy) is 1. The quantitative estimate of drug-likeness (QED) is 0.302. The van der Waals surface area contributed by atoms with E-state index in [0.717, 1.165) is 11.1 Å². The first-order chi connectivity index (χ1) is 14.2. The van der Waals surface area contributed by atoms with E-state index in [1.54, 1.807) is 24.3 Å². The molecule has 3 nitrogen and oxygen atoms in total. The zero-order chi connectivity index (χ0) is 22.1. The molecule has 1 aliphatic rings. The molecule has 0 aromatic heterocycles. The van der Waals surface area contributed by atoms with E-state index in [1.165, 1.54) is 36.5 Å². The van der Waals surface area contributed by atoms with Gasteiger partial charge in [-0.2, -0.15) is 0 Å². The molecule has 0 heterocycles. The lowest BCUT2D eigenvalue weighted by Crippen LogP contribution is -2.19. The number of esters is 1. The van der Waals surface area contributed by atoms with E-state index in [2.05, 4.69) is 39.8 Å². The van der Waals surface area contributed by atoms with Crippen LogP contribution in [0.4, 0.5) is 0 Å². The number of aromatic hydroxyl groups is 1. The summed E-state index contributed by atoms with van der Waals surface area (Å²) in [7, 11) is 0. The average molecular weight is 407 g/mol. The summed E-state index contributed by atoms with van der Waals surface area (Å²) in [6.45, 7) is 10.9. The van der Waals surface area contributed by atoms with Crippen molar-refractivity contribution in [3.63, 3.8) is 0 Å².